The second-order valence-electron chi connectivity index (χ2n) is 6.29. The molecule has 0 saturated carbocycles. The number of nitrogens with one attached hydrogen (secondary N) is 1. The highest BCUT2D eigenvalue weighted by Crippen LogP contribution is 2.13. The van der Waals surface area contributed by atoms with Gasteiger partial charge in [0.2, 0.25) is 17.7 Å². The molecule has 0 radical (unpaired) electrons. The van der Waals surface area contributed by atoms with Crippen LogP contribution in [-0.4, -0.2) is 35.2 Å². The average Bonchev–Trinajstić information content (AvgIpc) is 2.79. The average molecular weight is 316 g/mol. The monoisotopic (exact) mass is 316 g/mol. The molecule has 1 aliphatic heterocycles. The number of likely N-dealkylation sites (tertiary alicyclic amines) is 1. The van der Waals surface area contributed by atoms with Crippen molar-refractivity contribution in [3.05, 3.63) is 34.9 Å². The number of aryl methyl sites for hydroxylation is 2. The van der Waals surface area contributed by atoms with Gasteiger partial charge in [0.05, 0.1) is 0 Å². The molecule has 124 valence electrons. The molecule has 0 spiro atoms. The Hall–Kier alpha value is -2.17. The minimum atomic E-state index is -0.175. The molecule has 1 aromatic carbocycles. The molecule has 23 heavy (non-hydrogen) atoms. The zero-order valence-corrected chi connectivity index (χ0v) is 14.0. The van der Waals surface area contributed by atoms with Gasteiger partial charge >= 0.3 is 0 Å². The van der Waals surface area contributed by atoms with Gasteiger partial charge in [0.25, 0.3) is 0 Å². The Labute approximate surface area is 137 Å². The highest BCUT2D eigenvalue weighted by molar-refractivity contribution is 6.02. The number of amides is 3. The maximum Gasteiger partial charge on any atom is 0.229 e. The molecule has 2 rings (SSSR count). The summed E-state index contributed by atoms with van der Waals surface area (Å²) in [5.74, 6) is -0.480. The van der Waals surface area contributed by atoms with E-state index in [4.69, 9.17) is 0 Å². The van der Waals surface area contributed by atoms with Crippen LogP contribution in [-0.2, 0) is 20.8 Å². The van der Waals surface area contributed by atoms with Gasteiger partial charge in [0.1, 0.15) is 0 Å². The Morgan fingerprint density at radius 2 is 1.87 bits per heavy atom. The van der Waals surface area contributed by atoms with E-state index in [1.54, 1.807) is 0 Å². The number of rotatable bonds is 6. The van der Waals surface area contributed by atoms with Crippen LogP contribution in [0, 0.1) is 13.8 Å². The van der Waals surface area contributed by atoms with E-state index in [1.165, 1.54) is 21.6 Å². The van der Waals surface area contributed by atoms with Crippen molar-refractivity contribution in [3.63, 3.8) is 0 Å². The van der Waals surface area contributed by atoms with E-state index in [1.807, 2.05) is 6.92 Å². The van der Waals surface area contributed by atoms with Crippen LogP contribution in [0.5, 0.6) is 0 Å². The van der Waals surface area contributed by atoms with Gasteiger partial charge in [-0.1, -0.05) is 23.8 Å². The fourth-order valence-electron chi connectivity index (χ4n) is 2.89. The van der Waals surface area contributed by atoms with Gasteiger partial charge in [0, 0.05) is 31.8 Å². The van der Waals surface area contributed by atoms with Gasteiger partial charge in [-0.15, -0.1) is 0 Å². The van der Waals surface area contributed by atoms with Crippen molar-refractivity contribution >= 4 is 17.7 Å². The molecule has 5 heteroatoms. The summed E-state index contributed by atoms with van der Waals surface area (Å²) >= 11 is 0. The molecular formula is C18H24N2O3. The van der Waals surface area contributed by atoms with Crippen LogP contribution in [0.2, 0.25) is 0 Å². The molecule has 1 aromatic rings. The predicted octanol–water partition coefficient (Wildman–Crippen LogP) is 1.89. The van der Waals surface area contributed by atoms with E-state index in [2.05, 4.69) is 37.4 Å². The topological polar surface area (TPSA) is 66.5 Å². The van der Waals surface area contributed by atoms with Crippen LogP contribution in [0.1, 0.15) is 42.9 Å². The maximum absolute atomic E-state index is 12.0. The Morgan fingerprint density at radius 3 is 2.48 bits per heavy atom. The SMILES string of the molecule is Cc1ccc(CC(C)NC(=O)CCN2C(=O)CCC2=O)c(C)c1. The van der Waals surface area contributed by atoms with Crippen LogP contribution in [0.15, 0.2) is 18.2 Å². The van der Waals surface area contributed by atoms with Crippen LogP contribution in [0.3, 0.4) is 0 Å². The fraction of sp³-hybridized carbons (Fsp3) is 0.500. The third-order valence-corrected chi connectivity index (χ3v) is 4.15. The minimum absolute atomic E-state index is 0.00823. The van der Waals surface area contributed by atoms with Gasteiger partial charge in [-0.2, -0.15) is 0 Å². The minimum Gasteiger partial charge on any atom is -0.353 e. The molecule has 1 N–H and O–H groups in total. The molecule has 1 fully saturated rings. The summed E-state index contributed by atoms with van der Waals surface area (Å²) in [5.41, 5.74) is 3.66. The lowest BCUT2D eigenvalue weighted by molar-refractivity contribution is -0.138. The fourth-order valence-corrected chi connectivity index (χ4v) is 2.89. The summed E-state index contributed by atoms with van der Waals surface area (Å²) in [5, 5.41) is 2.94. The zero-order chi connectivity index (χ0) is 17.0. The number of carbonyl (C=O) groups excluding carboxylic acids is 3. The third-order valence-electron chi connectivity index (χ3n) is 4.15. The zero-order valence-electron chi connectivity index (χ0n) is 14.0. The van der Waals surface area contributed by atoms with E-state index >= 15 is 0 Å². The van der Waals surface area contributed by atoms with Crippen LogP contribution in [0.4, 0.5) is 0 Å². The van der Waals surface area contributed by atoms with Crippen molar-refractivity contribution in [2.24, 2.45) is 0 Å². The first kappa shape index (κ1) is 17.2. The van der Waals surface area contributed by atoms with Crippen molar-refractivity contribution in [1.29, 1.82) is 0 Å². The summed E-state index contributed by atoms with van der Waals surface area (Å²) in [4.78, 5) is 36.2. The first-order valence-electron chi connectivity index (χ1n) is 8.05. The van der Waals surface area contributed by atoms with Crippen molar-refractivity contribution in [1.82, 2.24) is 10.2 Å². The van der Waals surface area contributed by atoms with Crippen molar-refractivity contribution in [3.8, 4) is 0 Å². The van der Waals surface area contributed by atoms with Crippen molar-refractivity contribution in [2.45, 2.75) is 52.5 Å². The Balaban J connectivity index is 1.80. The van der Waals surface area contributed by atoms with Crippen LogP contribution < -0.4 is 5.32 Å². The van der Waals surface area contributed by atoms with E-state index in [0.29, 0.717) is 0 Å². The summed E-state index contributed by atoms with van der Waals surface area (Å²) in [6.45, 7) is 6.27. The Bertz CT molecular complexity index is 609. The molecule has 0 aliphatic carbocycles. The number of benzene rings is 1. The molecule has 0 aromatic heterocycles. The van der Waals surface area contributed by atoms with Crippen LogP contribution >= 0.6 is 0 Å². The number of hydrogen-bond acceptors (Lipinski definition) is 3. The van der Waals surface area contributed by atoms with Gasteiger partial charge in [-0.3, -0.25) is 19.3 Å². The number of hydrogen-bond donors (Lipinski definition) is 1. The van der Waals surface area contributed by atoms with E-state index in [-0.39, 0.29) is 49.6 Å². The second-order valence-corrected chi connectivity index (χ2v) is 6.29. The van der Waals surface area contributed by atoms with Crippen LogP contribution in [0.25, 0.3) is 0 Å². The molecular weight excluding hydrogens is 292 g/mol. The highest BCUT2D eigenvalue weighted by atomic mass is 16.2. The second kappa shape index (κ2) is 7.40. The quantitative estimate of drug-likeness (QED) is 0.815. The Morgan fingerprint density at radius 1 is 1.22 bits per heavy atom. The molecule has 1 atom stereocenters. The van der Waals surface area contributed by atoms with Gasteiger partial charge in [-0.05, 0) is 38.3 Å². The maximum atomic E-state index is 12.0. The van der Waals surface area contributed by atoms with E-state index < -0.39 is 0 Å². The van der Waals surface area contributed by atoms with Gasteiger partial charge in [0.15, 0.2) is 0 Å². The smallest absolute Gasteiger partial charge is 0.229 e. The molecule has 3 amide bonds. The largest absolute Gasteiger partial charge is 0.353 e. The van der Waals surface area contributed by atoms with Crippen molar-refractivity contribution in [2.75, 3.05) is 6.54 Å². The first-order valence-corrected chi connectivity index (χ1v) is 8.05. The summed E-state index contributed by atoms with van der Waals surface area (Å²) in [6.07, 6.45) is 1.46. The normalized spacial score (nSPS) is 15.9. The predicted molar refractivity (Wildman–Crippen MR) is 87.8 cm³/mol. The lowest BCUT2D eigenvalue weighted by Crippen LogP contribution is -2.38. The first-order chi connectivity index (χ1) is 10.9. The number of carbonyl (C=O) groups is 3. The number of imide groups is 1. The third kappa shape index (κ3) is 4.65. The molecule has 0 bridgehead atoms. The number of nitrogens with zero attached hydrogens (tertiary/aromatic N) is 1. The van der Waals surface area contributed by atoms with Gasteiger partial charge < -0.3 is 5.32 Å². The standard InChI is InChI=1S/C18H24N2O3/c1-12-4-5-15(13(2)10-12)11-14(3)19-16(21)8-9-20-17(22)6-7-18(20)23/h4-5,10,14H,6-9,11H2,1-3H3,(H,19,21). The molecule has 1 unspecified atom stereocenters. The van der Waals surface area contributed by atoms with E-state index in [9.17, 15) is 14.4 Å². The molecule has 1 saturated heterocycles. The summed E-state index contributed by atoms with van der Waals surface area (Å²) < 4.78 is 0. The Kier molecular flexibility index (Phi) is 5.53. The highest BCUT2D eigenvalue weighted by Gasteiger charge is 2.28. The molecule has 1 heterocycles. The lowest BCUT2D eigenvalue weighted by atomic mass is 10.00. The van der Waals surface area contributed by atoms with E-state index in [0.717, 1.165) is 6.42 Å². The van der Waals surface area contributed by atoms with Crippen molar-refractivity contribution < 1.29 is 14.4 Å². The molecule has 5 nitrogen and oxygen atoms in total. The summed E-state index contributed by atoms with van der Waals surface area (Å²) in [7, 11) is 0. The summed E-state index contributed by atoms with van der Waals surface area (Å²) in [6, 6.07) is 6.30. The lowest BCUT2D eigenvalue weighted by Gasteiger charge is -2.17. The molecule has 1 aliphatic rings. The van der Waals surface area contributed by atoms with Gasteiger partial charge in [-0.25, -0.2) is 0 Å².